The monoisotopic (exact) mass is 333 g/mol. The zero-order chi connectivity index (χ0) is 16.1. The van der Waals surface area contributed by atoms with Crippen LogP contribution in [0.2, 0.25) is 5.02 Å². The highest BCUT2D eigenvalue weighted by Crippen LogP contribution is 2.21. The molecule has 2 N–H and O–H groups in total. The van der Waals surface area contributed by atoms with Crippen LogP contribution in [-0.4, -0.2) is 30.5 Å². The Labute approximate surface area is 140 Å². The summed E-state index contributed by atoms with van der Waals surface area (Å²) in [4.78, 5) is 16.4. The number of aromatic nitrogens is 1. The number of hydrogen-bond donors (Lipinski definition) is 2. The second kappa shape index (κ2) is 7.62. The molecule has 1 fully saturated rings. The number of amides is 1. The van der Waals surface area contributed by atoms with Crippen LogP contribution in [-0.2, 0) is 11.2 Å². The molecule has 5 nitrogen and oxygen atoms in total. The van der Waals surface area contributed by atoms with Crippen molar-refractivity contribution in [2.24, 2.45) is 5.92 Å². The molecule has 0 radical (unpaired) electrons. The standard InChI is InChI=1S/C17H20ClN3O2/c18-14-5-3-13(4-6-14)17-21-15(11-23-17)8-16(22)20-10-12-2-1-7-19-9-12/h3-6,11-12,19H,1-2,7-10H2,(H,20,22). The van der Waals surface area contributed by atoms with E-state index in [-0.39, 0.29) is 12.3 Å². The number of nitrogens with one attached hydrogen (secondary N) is 2. The maximum atomic E-state index is 12.0. The third-order valence-corrected chi connectivity index (χ3v) is 4.22. The molecule has 2 aromatic rings. The molecule has 6 heteroatoms. The third kappa shape index (κ3) is 4.56. The molecule has 23 heavy (non-hydrogen) atoms. The number of carbonyl (C=O) groups is 1. The summed E-state index contributed by atoms with van der Waals surface area (Å²) in [6.45, 7) is 2.77. The van der Waals surface area contributed by atoms with Crippen LogP contribution in [0.15, 0.2) is 34.9 Å². The Morgan fingerprint density at radius 1 is 1.39 bits per heavy atom. The number of oxazole rings is 1. The topological polar surface area (TPSA) is 67.2 Å². The van der Waals surface area contributed by atoms with E-state index < -0.39 is 0 Å². The van der Waals surface area contributed by atoms with E-state index in [9.17, 15) is 4.79 Å². The van der Waals surface area contributed by atoms with Gasteiger partial charge in [0.05, 0.1) is 12.1 Å². The molecule has 1 unspecified atom stereocenters. The van der Waals surface area contributed by atoms with Crippen molar-refractivity contribution in [2.45, 2.75) is 19.3 Å². The van der Waals surface area contributed by atoms with E-state index in [0.29, 0.717) is 29.1 Å². The minimum Gasteiger partial charge on any atom is -0.444 e. The molecule has 1 saturated heterocycles. The van der Waals surface area contributed by atoms with Crippen molar-refractivity contribution >= 4 is 17.5 Å². The van der Waals surface area contributed by atoms with Crippen molar-refractivity contribution in [3.63, 3.8) is 0 Å². The Balaban J connectivity index is 1.51. The van der Waals surface area contributed by atoms with Gasteiger partial charge in [0.2, 0.25) is 11.8 Å². The summed E-state index contributed by atoms with van der Waals surface area (Å²) >= 11 is 5.86. The number of halogens is 1. The van der Waals surface area contributed by atoms with E-state index >= 15 is 0 Å². The summed E-state index contributed by atoms with van der Waals surface area (Å²) in [6.07, 6.45) is 4.11. The molecule has 0 spiro atoms. The quantitative estimate of drug-likeness (QED) is 0.882. The lowest BCUT2D eigenvalue weighted by molar-refractivity contribution is -0.120. The maximum absolute atomic E-state index is 12.0. The van der Waals surface area contributed by atoms with Crippen LogP contribution in [0.25, 0.3) is 11.5 Å². The summed E-state index contributed by atoms with van der Waals surface area (Å²) in [5, 5.41) is 6.99. The molecule has 2 heterocycles. The predicted octanol–water partition coefficient (Wildman–Crippen LogP) is 2.65. The molecule has 1 aliphatic heterocycles. The fraction of sp³-hybridized carbons (Fsp3) is 0.412. The molecule has 1 amide bonds. The lowest BCUT2D eigenvalue weighted by Gasteiger charge is -2.22. The Bertz CT molecular complexity index is 648. The summed E-state index contributed by atoms with van der Waals surface area (Å²) < 4.78 is 5.44. The maximum Gasteiger partial charge on any atom is 0.226 e. The van der Waals surface area contributed by atoms with Gasteiger partial charge < -0.3 is 15.1 Å². The number of carbonyl (C=O) groups excluding carboxylic acids is 1. The highest BCUT2D eigenvalue weighted by molar-refractivity contribution is 6.30. The SMILES string of the molecule is O=C(Cc1coc(-c2ccc(Cl)cc2)n1)NCC1CCCNC1. The number of hydrogen-bond acceptors (Lipinski definition) is 4. The van der Waals surface area contributed by atoms with Crippen molar-refractivity contribution in [1.82, 2.24) is 15.6 Å². The summed E-state index contributed by atoms with van der Waals surface area (Å²) in [5.74, 6) is 1.00. The van der Waals surface area contributed by atoms with Crippen molar-refractivity contribution in [3.8, 4) is 11.5 Å². The van der Waals surface area contributed by atoms with Crippen LogP contribution in [0.1, 0.15) is 18.5 Å². The van der Waals surface area contributed by atoms with Crippen LogP contribution in [0.5, 0.6) is 0 Å². The molecule has 122 valence electrons. The summed E-state index contributed by atoms with van der Waals surface area (Å²) in [7, 11) is 0. The second-order valence-electron chi connectivity index (χ2n) is 5.84. The minimum absolute atomic E-state index is 0.0217. The van der Waals surface area contributed by atoms with E-state index in [2.05, 4.69) is 15.6 Å². The lowest BCUT2D eigenvalue weighted by atomic mass is 10.00. The van der Waals surface area contributed by atoms with Gasteiger partial charge in [0, 0.05) is 17.1 Å². The molecule has 1 aromatic heterocycles. The van der Waals surface area contributed by atoms with Gasteiger partial charge in [-0.1, -0.05) is 11.6 Å². The van der Waals surface area contributed by atoms with Gasteiger partial charge >= 0.3 is 0 Å². The molecular weight excluding hydrogens is 314 g/mol. The first-order chi connectivity index (χ1) is 11.2. The van der Waals surface area contributed by atoms with Gasteiger partial charge in [0.25, 0.3) is 0 Å². The predicted molar refractivity (Wildman–Crippen MR) is 89.3 cm³/mol. The Kier molecular flexibility index (Phi) is 5.31. The van der Waals surface area contributed by atoms with Crippen molar-refractivity contribution < 1.29 is 9.21 Å². The fourth-order valence-corrected chi connectivity index (χ4v) is 2.82. The van der Waals surface area contributed by atoms with Crippen LogP contribution < -0.4 is 10.6 Å². The first-order valence-corrected chi connectivity index (χ1v) is 8.26. The van der Waals surface area contributed by atoms with Crippen molar-refractivity contribution in [3.05, 3.63) is 41.2 Å². The Hall–Kier alpha value is -1.85. The molecule has 1 aromatic carbocycles. The number of nitrogens with zero attached hydrogens (tertiary/aromatic N) is 1. The van der Waals surface area contributed by atoms with Crippen molar-refractivity contribution in [2.75, 3.05) is 19.6 Å². The average molecular weight is 334 g/mol. The van der Waals surface area contributed by atoms with Gasteiger partial charge in [-0.05, 0) is 56.1 Å². The first-order valence-electron chi connectivity index (χ1n) is 7.88. The molecular formula is C17H20ClN3O2. The smallest absolute Gasteiger partial charge is 0.226 e. The molecule has 0 bridgehead atoms. The number of rotatable bonds is 5. The van der Waals surface area contributed by atoms with Gasteiger partial charge in [-0.15, -0.1) is 0 Å². The molecule has 0 aliphatic carbocycles. The molecule has 3 rings (SSSR count). The first kappa shape index (κ1) is 16.0. The van der Waals surface area contributed by atoms with Crippen molar-refractivity contribution in [1.29, 1.82) is 0 Å². The summed E-state index contributed by atoms with van der Waals surface area (Å²) in [6, 6.07) is 7.25. The van der Waals surface area contributed by atoms with Crippen LogP contribution in [0.3, 0.4) is 0 Å². The van der Waals surface area contributed by atoms with E-state index in [1.54, 1.807) is 12.1 Å². The van der Waals surface area contributed by atoms with Gasteiger partial charge in [0.1, 0.15) is 6.26 Å². The van der Waals surface area contributed by atoms with E-state index in [1.165, 1.54) is 12.7 Å². The normalized spacial score (nSPS) is 17.9. The highest BCUT2D eigenvalue weighted by atomic mass is 35.5. The van der Waals surface area contributed by atoms with E-state index in [0.717, 1.165) is 25.1 Å². The number of benzene rings is 1. The van der Waals surface area contributed by atoms with Gasteiger partial charge in [-0.25, -0.2) is 4.98 Å². The fourth-order valence-electron chi connectivity index (χ4n) is 2.70. The molecule has 1 atom stereocenters. The third-order valence-electron chi connectivity index (χ3n) is 3.97. The van der Waals surface area contributed by atoms with Crippen LogP contribution in [0, 0.1) is 5.92 Å². The van der Waals surface area contributed by atoms with E-state index in [4.69, 9.17) is 16.0 Å². The largest absolute Gasteiger partial charge is 0.444 e. The highest BCUT2D eigenvalue weighted by Gasteiger charge is 2.15. The van der Waals surface area contributed by atoms with Crippen LogP contribution in [0.4, 0.5) is 0 Å². The minimum atomic E-state index is -0.0217. The molecule has 0 saturated carbocycles. The van der Waals surface area contributed by atoms with Gasteiger partial charge in [-0.3, -0.25) is 4.79 Å². The zero-order valence-corrected chi connectivity index (χ0v) is 13.6. The zero-order valence-electron chi connectivity index (χ0n) is 12.8. The number of piperidine rings is 1. The average Bonchev–Trinajstić information content (AvgIpc) is 3.03. The van der Waals surface area contributed by atoms with Gasteiger partial charge in [-0.2, -0.15) is 0 Å². The Morgan fingerprint density at radius 3 is 2.96 bits per heavy atom. The summed E-state index contributed by atoms with van der Waals surface area (Å²) in [5.41, 5.74) is 1.48. The van der Waals surface area contributed by atoms with Gasteiger partial charge in [0.15, 0.2) is 0 Å². The van der Waals surface area contributed by atoms with Crippen LogP contribution >= 0.6 is 11.6 Å². The Morgan fingerprint density at radius 2 is 2.22 bits per heavy atom. The lowest BCUT2D eigenvalue weighted by Crippen LogP contribution is -2.38. The second-order valence-corrected chi connectivity index (χ2v) is 6.28. The molecule has 1 aliphatic rings. The van der Waals surface area contributed by atoms with E-state index in [1.807, 2.05) is 12.1 Å².